The van der Waals surface area contributed by atoms with Crippen LogP contribution in [0.15, 0.2) is 0 Å². The van der Waals surface area contributed by atoms with Crippen LogP contribution in [0.2, 0.25) is 0 Å². The highest BCUT2D eigenvalue weighted by Gasteiger charge is 2.34. The Morgan fingerprint density at radius 2 is 2.12 bits per heavy atom. The molecule has 1 aliphatic rings. The van der Waals surface area contributed by atoms with Gasteiger partial charge in [-0.1, -0.05) is 6.42 Å². The molecule has 1 atom stereocenters. The van der Waals surface area contributed by atoms with E-state index < -0.39 is 11.5 Å². The van der Waals surface area contributed by atoms with Crippen molar-refractivity contribution in [3.05, 3.63) is 0 Å². The fourth-order valence-electron chi connectivity index (χ4n) is 2.29. The van der Waals surface area contributed by atoms with Crippen LogP contribution in [0.25, 0.3) is 0 Å². The summed E-state index contributed by atoms with van der Waals surface area (Å²) in [5.41, 5.74) is -0.813. The molecular weight excluding hydrogens is 216 g/mol. The standard InChI is InChI=1S/C13H26N2O2/c1-10(2)14-13(3,12(16)17)8-9-15(4)11-6-5-7-11/h10-11,14H,5-9H2,1-4H3,(H,16,17). The third-order valence-corrected chi connectivity index (χ3v) is 3.74. The minimum absolute atomic E-state index is 0.185. The maximum Gasteiger partial charge on any atom is 0.323 e. The highest BCUT2D eigenvalue weighted by Crippen LogP contribution is 2.24. The molecule has 1 aliphatic carbocycles. The zero-order chi connectivity index (χ0) is 13.1. The number of carbonyl (C=O) groups is 1. The van der Waals surface area contributed by atoms with Crippen molar-refractivity contribution in [2.45, 2.75) is 64.1 Å². The maximum atomic E-state index is 11.3. The summed E-state index contributed by atoms with van der Waals surface area (Å²) >= 11 is 0. The molecule has 0 spiro atoms. The van der Waals surface area contributed by atoms with E-state index in [1.165, 1.54) is 19.3 Å². The topological polar surface area (TPSA) is 52.6 Å². The quantitative estimate of drug-likeness (QED) is 0.713. The first-order valence-corrected chi connectivity index (χ1v) is 6.56. The molecule has 17 heavy (non-hydrogen) atoms. The van der Waals surface area contributed by atoms with Gasteiger partial charge in [0.05, 0.1) is 0 Å². The summed E-state index contributed by atoms with van der Waals surface area (Å²) in [7, 11) is 2.10. The van der Waals surface area contributed by atoms with E-state index >= 15 is 0 Å². The van der Waals surface area contributed by atoms with Gasteiger partial charge in [0.25, 0.3) is 0 Å². The van der Waals surface area contributed by atoms with Crippen molar-refractivity contribution in [2.75, 3.05) is 13.6 Å². The van der Waals surface area contributed by atoms with Crippen molar-refractivity contribution in [2.24, 2.45) is 0 Å². The normalized spacial score (nSPS) is 20.4. The lowest BCUT2D eigenvalue weighted by Crippen LogP contribution is -2.54. The van der Waals surface area contributed by atoms with Crippen molar-refractivity contribution in [3.63, 3.8) is 0 Å². The van der Waals surface area contributed by atoms with Gasteiger partial charge in [-0.25, -0.2) is 0 Å². The van der Waals surface area contributed by atoms with Crippen LogP contribution in [0.3, 0.4) is 0 Å². The Hall–Kier alpha value is -0.610. The molecule has 0 aromatic heterocycles. The second-order valence-electron chi connectivity index (χ2n) is 5.75. The van der Waals surface area contributed by atoms with Gasteiger partial charge in [0.2, 0.25) is 0 Å². The molecular formula is C13H26N2O2. The van der Waals surface area contributed by atoms with Gasteiger partial charge in [-0.2, -0.15) is 0 Å². The first-order chi connectivity index (χ1) is 7.85. The Morgan fingerprint density at radius 1 is 1.53 bits per heavy atom. The number of nitrogens with one attached hydrogen (secondary N) is 1. The Balaban J connectivity index is 2.45. The first kappa shape index (κ1) is 14.5. The summed E-state index contributed by atoms with van der Waals surface area (Å²) < 4.78 is 0. The van der Waals surface area contributed by atoms with E-state index in [9.17, 15) is 9.90 Å². The molecule has 0 radical (unpaired) electrons. The van der Waals surface area contributed by atoms with Gasteiger partial charge in [-0.05, 0) is 47.1 Å². The summed E-state index contributed by atoms with van der Waals surface area (Å²) in [4.78, 5) is 13.6. The zero-order valence-corrected chi connectivity index (χ0v) is 11.5. The lowest BCUT2D eigenvalue weighted by atomic mass is 9.90. The molecule has 1 rings (SSSR count). The SMILES string of the molecule is CC(C)NC(C)(CCN(C)C1CCC1)C(=O)O. The minimum Gasteiger partial charge on any atom is -0.480 e. The molecule has 0 aromatic rings. The fourth-order valence-corrected chi connectivity index (χ4v) is 2.29. The Labute approximate surface area is 104 Å². The van der Waals surface area contributed by atoms with Crippen LogP contribution in [-0.4, -0.2) is 47.2 Å². The van der Waals surface area contributed by atoms with Gasteiger partial charge in [0.15, 0.2) is 0 Å². The molecule has 100 valence electrons. The molecule has 1 fully saturated rings. The highest BCUT2D eigenvalue weighted by atomic mass is 16.4. The molecule has 0 bridgehead atoms. The van der Waals surface area contributed by atoms with Crippen molar-refractivity contribution >= 4 is 5.97 Å². The molecule has 0 saturated heterocycles. The summed E-state index contributed by atoms with van der Waals surface area (Å²) in [6.07, 6.45) is 4.48. The van der Waals surface area contributed by atoms with Gasteiger partial charge < -0.3 is 10.0 Å². The molecule has 0 heterocycles. The van der Waals surface area contributed by atoms with Crippen LogP contribution < -0.4 is 5.32 Å². The highest BCUT2D eigenvalue weighted by molar-refractivity contribution is 5.78. The lowest BCUT2D eigenvalue weighted by Gasteiger charge is -2.37. The van der Waals surface area contributed by atoms with Gasteiger partial charge in [-0.15, -0.1) is 0 Å². The Kier molecular flexibility index (Phi) is 4.95. The second-order valence-corrected chi connectivity index (χ2v) is 5.75. The number of nitrogens with zero attached hydrogens (tertiary/aromatic N) is 1. The molecule has 2 N–H and O–H groups in total. The van der Waals surface area contributed by atoms with Gasteiger partial charge in [-0.3, -0.25) is 10.1 Å². The number of hydrogen-bond donors (Lipinski definition) is 2. The summed E-state index contributed by atoms with van der Waals surface area (Å²) in [6, 6.07) is 0.859. The summed E-state index contributed by atoms with van der Waals surface area (Å²) in [6.45, 7) is 6.59. The minimum atomic E-state index is -0.813. The molecule has 4 nitrogen and oxygen atoms in total. The third-order valence-electron chi connectivity index (χ3n) is 3.74. The fraction of sp³-hybridized carbons (Fsp3) is 0.923. The number of hydrogen-bond acceptors (Lipinski definition) is 3. The molecule has 0 aromatic carbocycles. The largest absolute Gasteiger partial charge is 0.480 e. The van der Waals surface area contributed by atoms with E-state index in [1.807, 2.05) is 13.8 Å². The number of carboxylic acids is 1. The van der Waals surface area contributed by atoms with E-state index in [1.54, 1.807) is 6.92 Å². The van der Waals surface area contributed by atoms with Gasteiger partial charge in [0.1, 0.15) is 5.54 Å². The van der Waals surface area contributed by atoms with E-state index in [-0.39, 0.29) is 6.04 Å². The van der Waals surface area contributed by atoms with Crippen LogP contribution in [0.1, 0.15) is 46.5 Å². The molecule has 1 saturated carbocycles. The van der Waals surface area contributed by atoms with Gasteiger partial charge >= 0.3 is 5.97 Å². The number of rotatable bonds is 7. The van der Waals surface area contributed by atoms with Crippen molar-refractivity contribution in [1.82, 2.24) is 10.2 Å². The van der Waals surface area contributed by atoms with Crippen molar-refractivity contribution in [1.29, 1.82) is 0 Å². The second kappa shape index (κ2) is 5.83. The van der Waals surface area contributed by atoms with E-state index in [0.29, 0.717) is 12.5 Å². The smallest absolute Gasteiger partial charge is 0.323 e. The van der Waals surface area contributed by atoms with Crippen molar-refractivity contribution < 1.29 is 9.90 Å². The van der Waals surface area contributed by atoms with Gasteiger partial charge in [0, 0.05) is 18.6 Å². The van der Waals surface area contributed by atoms with Crippen LogP contribution in [0.4, 0.5) is 0 Å². The van der Waals surface area contributed by atoms with Crippen LogP contribution in [0, 0.1) is 0 Å². The van der Waals surface area contributed by atoms with Crippen LogP contribution in [-0.2, 0) is 4.79 Å². The monoisotopic (exact) mass is 242 g/mol. The third kappa shape index (κ3) is 3.96. The number of carboxylic acid groups (broad SMARTS) is 1. The lowest BCUT2D eigenvalue weighted by molar-refractivity contribution is -0.145. The average molecular weight is 242 g/mol. The van der Waals surface area contributed by atoms with E-state index in [2.05, 4.69) is 17.3 Å². The maximum absolute atomic E-state index is 11.3. The van der Waals surface area contributed by atoms with Crippen LogP contribution >= 0.6 is 0 Å². The van der Waals surface area contributed by atoms with E-state index in [4.69, 9.17) is 0 Å². The Morgan fingerprint density at radius 3 is 2.47 bits per heavy atom. The zero-order valence-electron chi connectivity index (χ0n) is 11.5. The summed E-state index contributed by atoms with van der Waals surface area (Å²) in [5, 5.41) is 12.5. The molecule has 1 unspecified atom stereocenters. The number of aliphatic carboxylic acids is 1. The summed E-state index contributed by atoms with van der Waals surface area (Å²) in [5.74, 6) is -0.756. The van der Waals surface area contributed by atoms with Crippen molar-refractivity contribution in [3.8, 4) is 0 Å². The predicted octanol–water partition coefficient (Wildman–Crippen LogP) is 1.70. The molecule has 0 amide bonds. The molecule has 0 aliphatic heterocycles. The Bertz CT molecular complexity index is 264. The van der Waals surface area contributed by atoms with E-state index in [0.717, 1.165) is 6.54 Å². The first-order valence-electron chi connectivity index (χ1n) is 6.56. The predicted molar refractivity (Wildman–Crippen MR) is 69.2 cm³/mol. The molecule has 4 heteroatoms. The van der Waals surface area contributed by atoms with Crippen LogP contribution in [0.5, 0.6) is 0 Å². The average Bonchev–Trinajstić information content (AvgIpc) is 2.10.